The zero-order chi connectivity index (χ0) is 43.5. The molecule has 0 aliphatic heterocycles. The fourth-order valence-corrected chi connectivity index (χ4v) is 11.5. The van der Waals surface area contributed by atoms with Crippen molar-refractivity contribution in [2.45, 2.75) is 50.9 Å². The van der Waals surface area contributed by atoms with E-state index in [1.54, 1.807) is 6.07 Å². The van der Waals surface area contributed by atoms with Gasteiger partial charge < -0.3 is 4.90 Å². The van der Waals surface area contributed by atoms with Crippen molar-refractivity contribution >= 4 is 17.1 Å². The van der Waals surface area contributed by atoms with Crippen molar-refractivity contribution in [3.63, 3.8) is 0 Å². The second kappa shape index (κ2) is 13.9. The third-order valence-electron chi connectivity index (χ3n) is 14.5. The monoisotopic (exact) mass is 825 g/mol. The van der Waals surface area contributed by atoms with Gasteiger partial charge in [-0.25, -0.2) is 4.39 Å². The van der Waals surface area contributed by atoms with Crippen LogP contribution in [-0.2, 0) is 16.2 Å². The van der Waals surface area contributed by atoms with E-state index in [1.807, 2.05) is 12.1 Å². The summed E-state index contributed by atoms with van der Waals surface area (Å²) in [5.74, 6) is -0.224. The third kappa shape index (κ3) is 5.42. The summed E-state index contributed by atoms with van der Waals surface area (Å²) in [5, 5.41) is 0. The lowest BCUT2D eigenvalue weighted by Gasteiger charge is -2.34. The van der Waals surface area contributed by atoms with Crippen LogP contribution in [0, 0.1) is 5.82 Å². The maximum atomic E-state index is 16.0. The number of fused-ring (bicyclic) bond motifs is 13. The quantitative estimate of drug-likeness (QED) is 0.167. The average molecular weight is 826 g/mol. The minimum atomic E-state index is -0.755. The van der Waals surface area contributed by atoms with Crippen LogP contribution in [0.4, 0.5) is 21.5 Å². The molecule has 0 N–H and O–H groups in total. The van der Waals surface area contributed by atoms with Crippen LogP contribution >= 0.6 is 0 Å². The van der Waals surface area contributed by atoms with E-state index in [-0.39, 0.29) is 16.6 Å². The Morgan fingerprint density at radius 3 is 1.64 bits per heavy atom. The lowest BCUT2D eigenvalue weighted by molar-refractivity contribution is 0.588. The summed E-state index contributed by atoms with van der Waals surface area (Å²) in [6, 6.07) is 72.4. The minimum absolute atomic E-state index is 0.0916. The van der Waals surface area contributed by atoms with Gasteiger partial charge in [-0.05, 0) is 137 Å². The van der Waals surface area contributed by atoms with Crippen LogP contribution in [0.25, 0.3) is 55.6 Å². The molecule has 1 spiro atoms. The molecule has 9 aromatic carbocycles. The molecule has 0 heterocycles. The topological polar surface area (TPSA) is 3.24 Å². The number of benzene rings is 9. The number of nitrogens with zero attached hydrogens (tertiary/aromatic N) is 1. The highest BCUT2D eigenvalue weighted by Gasteiger charge is 2.53. The van der Waals surface area contributed by atoms with Crippen LogP contribution in [0.15, 0.2) is 200 Å². The van der Waals surface area contributed by atoms with Crippen molar-refractivity contribution in [2.24, 2.45) is 0 Å². The first-order valence-electron chi connectivity index (χ1n) is 22.5. The predicted octanol–water partition coefficient (Wildman–Crippen LogP) is 16.6. The number of para-hydroxylation sites is 1. The number of halogens is 1. The van der Waals surface area contributed by atoms with E-state index in [0.29, 0.717) is 0 Å². The number of hydrogen-bond donors (Lipinski definition) is 0. The van der Waals surface area contributed by atoms with Gasteiger partial charge in [0.25, 0.3) is 0 Å². The van der Waals surface area contributed by atoms with Gasteiger partial charge in [-0.15, -0.1) is 0 Å². The van der Waals surface area contributed by atoms with E-state index in [0.717, 1.165) is 44.9 Å². The molecule has 12 rings (SSSR count). The molecule has 0 saturated carbocycles. The van der Waals surface area contributed by atoms with Crippen LogP contribution in [0.3, 0.4) is 0 Å². The van der Waals surface area contributed by atoms with E-state index in [4.69, 9.17) is 0 Å². The second-order valence-corrected chi connectivity index (χ2v) is 19.4. The van der Waals surface area contributed by atoms with Crippen molar-refractivity contribution in [1.82, 2.24) is 0 Å². The lowest BCUT2D eigenvalue weighted by atomic mass is 9.68. The van der Waals surface area contributed by atoms with Gasteiger partial charge in [0.05, 0.1) is 11.1 Å². The summed E-state index contributed by atoms with van der Waals surface area (Å²) >= 11 is 0. The molecule has 3 aliphatic carbocycles. The van der Waals surface area contributed by atoms with E-state index in [1.165, 1.54) is 66.8 Å². The first-order chi connectivity index (χ1) is 31.0. The molecular formula is C62H48FN. The molecule has 1 unspecified atom stereocenters. The molecule has 308 valence electrons. The van der Waals surface area contributed by atoms with E-state index in [2.05, 4.69) is 222 Å². The Morgan fingerprint density at radius 1 is 0.391 bits per heavy atom. The molecule has 2 heteroatoms. The Balaban J connectivity index is 1.13. The van der Waals surface area contributed by atoms with Gasteiger partial charge in [-0.2, -0.15) is 0 Å². The summed E-state index contributed by atoms with van der Waals surface area (Å²) in [6.07, 6.45) is 0. The fraction of sp³-hybridized carbons (Fsp3) is 0.129. The standard InChI is InChI=1S/C62H48FN/c1-60(2,3)41-28-33-48-49-34-29-42(63)37-57(49)62(56(48)36-41)54-24-13-10-19-46(54)51-21-15-22-52(59(51)62)50-20-11-14-25-58(50)64(43-30-26-40(27-31-43)39-16-7-6-8-17-39)44-32-35-47-45-18-9-12-23-53(45)61(4,5)55(47)38-44/h6-38H,1-5H3. The fourth-order valence-electron chi connectivity index (χ4n) is 11.5. The van der Waals surface area contributed by atoms with Crippen LogP contribution in [0.1, 0.15) is 73.6 Å². The molecule has 0 saturated heterocycles. The molecule has 9 aromatic rings. The predicted molar refractivity (Wildman–Crippen MR) is 265 cm³/mol. The molecule has 0 bridgehead atoms. The highest BCUT2D eigenvalue weighted by atomic mass is 19.1. The zero-order valence-electron chi connectivity index (χ0n) is 36.9. The maximum absolute atomic E-state index is 16.0. The number of rotatable bonds is 5. The van der Waals surface area contributed by atoms with Crippen LogP contribution in [0.5, 0.6) is 0 Å². The molecule has 0 aromatic heterocycles. The summed E-state index contributed by atoms with van der Waals surface area (Å²) in [4.78, 5) is 2.45. The Bertz CT molecular complexity index is 3350. The van der Waals surface area contributed by atoms with Crippen molar-refractivity contribution in [3.8, 4) is 55.6 Å². The van der Waals surface area contributed by atoms with Crippen molar-refractivity contribution in [2.75, 3.05) is 4.90 Å². The van der Waals surface area contributed by atoms with Gasteiger partial charge in [0.15, 0.2) is 0 Å². The Kier molecular flexibility index (Phi) is 8.31. The van der Waals surface area contributed by atoms with Gasteiger partial charge in [0.2, 0.25) is 0 Å². The first-order valence-corrected chi connectivity index (χ1v) is 22.5. The summed E-state index contributed by atoms with van der Waals surface area (Å²) < 4.78 is 16.0. The molecule has 1 nitrogen and oxygen atoms in total. The Labute approximate surface area is 376 Å². The molecule has 64 heavy (non-hydrogen) atoms. The van der Waals surface area contributed by atoms with E-state index < -0.39 is 5.41 Å². The largest absolute Gasteiger partial charge is 0.310 e. The highest BCUT2D eigenvalue weighted by Crippen LogP contribution is 2.65. The lowest BCUT2D eigenvalue weighted by Crippen LogP contribution is -2.27. The Morgan fingerprint density at radius 2 is 0.906 bits per heavy atom. The molecule has 0 amide bonds. The van der Waals surface area contributed by atoms with Crippen LogP contribution in [0.2, 0.25) is 0 Å². The number of hydrogen-bond acceptors (Lipinski definition) is 1. The number of anilines is 3. The maximum Gasteiger partial charge on any atom is 0.123 e. The van der Waals surface area contributed by atoms with Crippen LogP contribution in [-0.4, -0.2) is 0 Å². The van der Waals surface area contributed by atoms with Gasteiger partial charge in [0.1, 0.15) is 5.82 Å². The van der Waals surface area contributed by atoms with E-state index >= 15 is 4.39 Å². The minimum Gasteiger partial charge on any atom is -0.310 e. The van der Waals surface area contributed by atoms with Gasteiger partial charge in [-0.3, -0.25) is 0 Å². The van der Waals surface area contributed by atoms with Crippen molar-refractivity contribution < 1.29 is 4.39 Å². The second-order valence-electron chi connectivity index (χ2n) is 19.4. The molecule has 0 fully saturated rings. The van der Waals surface area contributed by atoms with Gasteiger partial charge in [0, 0.05) is 22.4 Å². The van der Waals surface area contributed by atoms with Crippen LogP contribution < -0.4 is 4.90 Å². The normalized spacial score (nSPS) is 15.8. The summed E-state index contributed by atoms with van der Waals surface area (Å²) in [5.41, 5.74) is 22.6. The molecule has 3 aliphatic rings. The third-order valence-corrected chi connectivity index (χ3v) is 14.5. The van der Waals surface area contributed by atoms with Crippen molar-refractivity contribution in [1.29, 1.82) is 0 Å². The smallest absolute Gasteiger partial charge is 0.123 e. The summed E-state index contributed by atoms with van der Waals surface area (Å²) in [6.45, 7) is 11.5. The van der Waals surface area contributed by atoms with Gasteiger partial charge >= 0.3 is 0 Å². The van der Waals surface area contributed by atoms with Gasteiger partial charge in [-0.1, -0.05) is 192 Å². The highest BCUT2D eigenvalue weighted by molar-refractivity contribution is 6.01. The summed E-state index contributed by atoms with van der Waals surface area (Å²) in [7, 11) is 0. The van der Waals surface area contributed by atoms with Crippen molar-refractivity contribution in [3.05, 3.63) is 245 Å². The molecular weight excluding hydrogens is 778 g/mol. The first kappa shape index (κ1) is 38.4. The van der Waals surface area contributed by atoms with E-state index in [9.17, 15) is 0 Å². The zero-order valence-corrected chi connectivity index (χ0v) is 36.9. The Hall–Kier alpha value is -7.29. The SMILES string of the molecule is CC(C)(C)c1ccc2c(c1)C1(c3cc(F)ccc3-2)c2ccccc2-c2cccc(-c3ccccc3N(c3ccc(-c4ccccc4)cc3)c3ccc4c(c3)C(C)(C)c3ccccc3-4)c21. The molecule has 0 radical (unpaired) electrons. The molecule has 1 atom stereocenters. The average Bonchev–Trinajstić information content (AvgIpc) is 3.87.